The number of amides is 1. The monoisotopic (exact) mass is 454 g/mol. The topological polar surface area (TPSA) is 50.7 Å². The van der Waals surface area contributed by atoms with Gasteiger partial charge in [0.15, 0.2) is 6.61 Å². The van der Waals surface area contributed by atoms with Crippen molar-refractivity contribution in [1.82, 2.24) is 5.32 Å². The van der Waals surface area contributed by atoms with E-state index >= 15 is 0 Å². The first-order valence-electron chi connectivity index (χ1n) is 9.07. The second kappa shape index (κ2) is 9.98. The molecule has 3 aromatic carbocycles. The maximum absolute atomic E-state index is 13.8. The molecule has 0 unspecified atom stereocenters. The Kier molecular flexibility index (Phi) is 7.14. The molecule has 0 aliphatic rings. The van der Waals surface area contributed by atoms with Crippen LogP contribution in [0.3, 0.4) is 0 Å². The van der Waals surface area contributed by atoms with Crippen LogP contribution in [0, 0.1) is 5.82 Å². The fourth-order valence-electron chi connectivity index (χ4n) is 2.64. The molecule has 1 atom stereocenters. The maximum atomic E-state index is 13.8. The predicted molar refractivity (Wildman–Crippen MR) is 116 cm³/mol. The molecule has 0 aromatic heterocycles. The largest absolute Gasteiger partial charge is 0.484 e. The Labute approximate surface area is 177 Å². The molecule has 0 saturated carbocycles. The molecule has 1 N–H and O–H groups in total. The molecule has 0 heterocycles. The summed E-state index contributed by atoms with van der Waals surface area (Å²) >= 11 is 3.22. The molecular formula is C23H20BrFN2O2. The molecule has 3 aromatic rings. The molecule has 1 amide bonds. The zero-order valence-corrected chi connectivity index (χ0v) is 17.4. The quantitative estimate of drug-likeness (QED) is 0.472. The van der Waals surface area contributed by atoms with E-state index in [0.717, 1.165) is 11.1 Å². The summed E-state index contributed by atoms with van der Waals surface area (Å²) in [6, 6.07) is 21.4. The van der Waals surface area contributed by atoms with Crippen LogP contribution in [0.15, 0.2) is 82.3 Å². The summed E-state index contributed by atoms with van der Waals surface area (Å²) in [5, 5.41) is 2.90. The molecule has 148 valence electrons. The van der Waals surface area contributed by atoms with Gasteiger partial charge in [0.05, 0.1) is 11.7 Å². The standard InChI is InChI=1S/C23H20BrFN2O2/c1-16(18-5-3-2-4-6-18)27-23(28)15-29-20-10-7-17(8-11-20)14-26-22-12-9-19(24)13-21(22)25/h2-14,16H,15H2,1H3,(H,27,28)/t16-/m1/s1. The highest BCUT2D eigenvalue weighted by atomic mass is 79.9. The van der Waals surface area contributed by atoms with E-state index in [1.54, 1.807) is 42.6 Å². The lowest BCUT2D eigenvalue weighted by atomic mass is 10.1. The summed E-state index contributed by atoms with van der Waals surface area (Å²) in [6.45, 7) is 1.85. The van der Waals surface area contributed by atoms with Crippen LogP contribution in [-0.4, -0.2) is 18.7 Å². The van der Waals surface area contributed by atoms with Crippen molar-refractivity contribution in [3.63, 3.8) is 0 Å². The number of ether oxygens (including phenoxy) is 1. The summed E-state index contributed by atoms with van der Waals surface area (Å²) in [7, 11) is 0. The lowest BCUT2D eigenvalue weighted by molar-refractivity contribution is -0.123. The fourth-order valence-corrected chi connectivity index (χ4v) is 2.97. The summed E-state index contributed by atoms with van der Waals surface area (Å²) in [5.41, 5.74) is 2.09. The lowest BCUT2D eigenvalue weighted by Gasteiger charge is -2.14. The van der Waals surface area contributed by atoms with E-state index in [9.17, 15) is 9.18 Å². The third-order valence-corrected chi connectivity index (χ3v) is 4.68. The smallest absolute Gasteiger partial charge is 0.258 e. The molecule has 3 rings (SSSR count). The van der Waals surface area contributed by atoms with Gasteiger partial charge in [-0.25, -0.2) is 4.39 Å². The first kappa shape index (κ1) is 20.7. The number of benzene rings is 3. The molecule has 0 aliphatic heterocycles. The van der Waals surface area contributed by atoms with Crippen molar-refractivity contribution in [2.24, 2.45) is 4.99 Å². The van der Waals surface area contributed by atoms with Gasteiger partial charge in [0.2, 0.25) is 0 Å². The molecule has 0 fully saturated rings. The van der Waals surface area contributed by atoms with Crippen molar-refractivity contribution >= 4 is 33.7 Å². The summed E-state index contributed by atoms with van der Waals surface area (Å²) in [4.78, 5) is 16.2. The highest BCUT2D eigenvalue weighted by Crippen LogP contribution is 2.22. The van der Waals surface area contributed by atoms with Crippen LogP contribution in [0.1, 0.15) is 24.1 Å². The van der Waals surface area contributed by atoms with E-state index in [1.807, 2.05) is 37.3 Å². The highest BCUT2D eigenvalue weighted by Gasteiger charge is 2.09. The van der Waals surface area contributed by atoms with E-state index in [0.29, 0.717) is 10.2 Å². The molecular weight excluding hydrogens is 435 g/mol. The predicted octanol–water partition coefficient (Wildman–Crippen LogP) is 5.60. The van der Waals surface area contributed by atoms with Crippen LogP contribution in [0.25, 0.3) is 0 Å². The number of rotatable bonds is 7. The average molecular weight is 455 g/mol. The number of hydrogen-bond acceptors (Lipinski definition) is 3. The fraction of sp³-hybridized carbons (Fsp3) is 0.130. The Morgan fingerprint density at radius 2 is 1.86 bits per heavy atom. The number of hydrogen-bond donors (Lipinski definition) is 1. The first-order chi connectivity index (χ1) is 14.0. The maximum Gasteiger partial charge on any atom is 0.258 e. The zero-order chi connectivity index (χ0) is 20.6. The van der Waals surface area contributed by atoms with Gasteiger partial charge in [-0.3, -0.25) is 9.79 Å². The molecule has 0 spiro atoms. The third-order valence-electron chi connectivity index (χ3n) is 4.19. The van der Waals surface area contributed by atoms with Crippen LogP contribution in [0.4, 0.5) is 10.1 Å². The highest BCUT2D eigenvalue weighted by molar-refractivity contribution is 9.10. The van der Waals surface area contributed by atoms with Crippen LogP contribution < -0.4 is 10.1 Å². The molecule has 29 heavy (non-hydrogen) atoms. The van der Waals surface area contributed by atoms with Crippen molar-refractivity contribution in [3.05, 3.63) is 94.2 Å². The van der Waals surface area contributed by atoms with E-state index in [2.05, 4.69) is 26.2 Å². The Bertz CT molecular complexity index is 992. The summed E-state index contributed by atoms with van der Waals surface area (Å²) < 4.78 is 20.0. The van der Waals surface area contributed by atoms with E-state index in [4.69, 9.17) is 4.74 Å². The van der Waals surface area contributed by atoms with E-state index < -0.39 is 5.82 Å². The van der Waals surface area contributed by atoms with Crippen molar-refractivity contribution in [1.29, 1.82) is 0 Å². The molecule has 0 saturated heterocycles. The van der Waals surface area contributed by atoms with Gasteiger partial charge in [0.25, 0.3) is 5.91 Å². The molecule has 6 heteroatoms. The van der Waals surface area contributed by atoms with Crippen molar-refractivity contribution in [2.75, 3.05) is 6.61 Å². The van der Waals surface area contributed by atoms with Crippen molar-refractivity contribution in [2.45, 2.75) is 13.0 Å². The van der Waals surface area contributed by atoms with Gasteiger partial charge >= 0.3 is 0 Å². The van der Waals surface area contributed by atoms with Crippen molar-refractivity contribution in [3.8, 4) is 5.75 Å². The molecule has 0 aliphatic carbocycles. The van der Waals surface area contributed by atoms with Crippen LogP contribution in [0.5, 0.6) is 5.75 Å². The van der Waals surface area contributed by atoms with E-state index in [-0.39, 0.29) is 24.2 Å². The second-order valence-corrected chi connectivity index (χ2v) is 7.33. The minimum absolute atomic E-state index is 0.0747. The number of nitrogens with zero attached hydrogens (tertiary/aromatic N) is 1. The van der Waals surface area contributed by atoms with Crippen molar-refractivity contribution < 1.29 is 13.9 Å². The van der Waals surface area contributed by atoms with Crippen LogP contribution in [0.2, 0.25) is 0 Å². The Morgan fingerprint density at radius 3 is 2.55 bits per heavy atom. The Hall–Kier alpha value is -2.99. The third kappa shape index (κ3) is 6.26. The van der Waals surface area contributed by atoms with Gasteiger partial charge in [-0.1, -0.05) is 46.3 Å². The Morgan fingerprint density at radius 1 is 1.14 bits per heavy atom. The van der Waals surface area contributed by atoms with Gasteiger partial charge in [0.1, 0.15) is 11.6 Å². The minimum atomic E-state index is -0.397. The first-order valence-corrected chi connectivity index (χ1v) is 9.87. The second-order valence-electron chi connectivity index (χ2n) is 6.41. The van der Waals surface area contributed by atoms with Crippen LogP contribution in [-0.2, 0) is 4.79 Å². The van der Waals surface area contributed by atoms with Gasteiger partial charge in [0, 0.05) is 10.7 Å². The van der Waals surface area contributed by atoms with Gasteiger partial charge in [-0.05, 0) is 60.5 Å². The SMILES string of the molecule is C[C@@H](NC(=O)COc1ccc(C=Nc2ccc(Br)cc2F)cc1)c1ccccc1. The zero-order valence-electron chi connectivity index (χ0n) is 15.8. The number of carbonyl (C=O) groups is 1. The number of aliphatic imine (C=N–C) groups is 1. The summed E-state index contributed by atoms with van der Waals surface area (Å²) in [6.07, 6.45) is 1.57. The molecule has 0 bridgehead atoms. The van der Waals surface area contributed by atoms with Crippen LogP contribution >= 0.6 is 15.9 Å². The van der Waals surface area contributed by atoms with Gasteiger partial charge < -0.3 is 10.1 Å². The number of carbonyl (C=O) groups excluding carboxylic acids is 1. The molecule has 4 nitrogen and oxygen atoms in total. The van der Waals surface area contributed by atoms with Gasteiger partial charge in [-0.2, -0.15) is 0 Å². The Balaban J connectivity index is 1.51. The minimum Gasteiger partial charge on any atom is -0.484 e. The average Bonchev–Trinajstić information content (AvgIpc) is 2.73. The summed E-state index contributed by atoms with van der Waals surface area (Å²) in [5.74, 6) is -0.0245. The van der Waals surface area contributed by atoms with Gasteiger partial charge in [-0.15, -0.1) is 0 Å². The van der Waals surface area contributed by atoms with E-state index in [1.165, 1.54) is 6.07 Å². The lowest BCUT2D eigenvalue weighted by Crippen LogP contribution is -2.31. The normalized spacial score (nSPS) is 12.0. The molecule has 0 radical (unpaired) electrons. The number of nitrogens with one attached hydrogen (secondary N) is 1. The number of halogens is 2.